The zero-order chi connectivity index (χ0) is 17.1. The Labute approximate surface area is 129 Å². The molecule has 23 heavy (non-hydrogen) atoms. The van der Waals surface area contributed by atoms with Gasteiger partial charge in [-0.3, -0.25) is 14.5 Å². The Hall–Kier alpha value is -2.62. The van der Waals surface area contributed by atoms with Crippen LogP contribution in [-0.2, 0) is 21.0 Å². The Bertz CT molecular complexity index is 822. The normalized spacial score (nSPS) is 11.8. The number of benzene rings is 1. The number of pyridine rings is 1. The van der Waals surface area contributed by atoms with E-state index in [1.807, 2.05) is 0 Å². The summed E-state index contributed by atoms with van der Waals surface area (Å²) in [6.07, 6.45) is -2.31. The smallest absolute Gasteiger partial charge is 0.354 e. The molecule has 0 saturated heterocycles. The summed E-state index contributed by atoms with van der Waals surface area (Å²) in [5.74, 6) is 0. The van der Waals surface area contributed by atoms with Crippen LogP contribution in [0.4, 0.5) is 24.5 Å². The fourth-order valence-corrected chi connectivity index (χ4v) is 2.61. The third-order valence-corrected chi connectivity index (χ3v) is 4.06. The summed E-state index contributed by atoms with van der Waals surface area (Å²) in [5.41, 5.74) is -0.866. The lowest BCUT2D eigenvalue weighted by atomic mass is 10.2. The molecule has 0 unspecified atom stereocenters. The SMILES string of the molecule is O=CNS(=O)(=O)c1cnccc1Nc1cccc(C(F)(F)F)c1. The van der Waals surface area contributed by atoms with Crippen LogP contribution in [0.1, 0.15) is 5.56 Å². The molecule has 0 radical (unpaired) electrons. The van der Waals surface area contributed by atoms with E-state index in [1.54, 1.807) is 4.72 Å². The minimum absolute atomic E-state index is 0.0175. The molecule has 10 heteroatoms. The van der Waals surface area contributed by atoms with Crippen LogP contribution < -0.4 is 10.0 Å². The van der Waals surface area contributed by atoms with Crippen molar-refractivity contribution in [1.82, 2.24) is 9.71 Å². The Kier molecular flexibility index (Phi) is 4.55. The number of nitrogens with zero attached hydrogens (tertiary/aromatic N) is 1. The van der Waals surface area contributed by atoms with Crippen molar-refractivity contribution in [3.05, 3.63) is 48.3 Å². The zero-order valence-corrected chi connectivity index (χ0v) is 12.1. The number of halogens is 3. The highest BCUT2D eigenvalue weighted by molar-refractivity contribution is 7.90. The van der Waals surface area contributed by atoms with Crippen LogP contribution in [0.25, 0.3) is 0 Å². The molecule has 2 rings (SSSR count). The summed E-state index contributed by atoms with van der Waals surface area (Å²) < 4.78 is 63.4. The molecule has 6 nitrogen and oxygen atoms in total. The van der Waals surface area contributed by atoms with E-state index >= 15 is 0 Å². The molecule has 0 atom stereocenters. The molecule has 0 aliphatic rings. The van der Waals surface area contributed by atoms with Gasteiger partial charge < -0.3 is 5.32 Å². The third-order valence-electron chi connectivity index (χ3n) is 2.75. The van der Waals surface area contributed by atoms with Crippen LogP contribution >= 0.6 is 0 Å². The van der Waals surface area contributed by atoms with Gasteiger partial charge >= 0.3 is 6.18 Å². The summed E-state index contributed by atoms with van der Waals surface area (Å²) in [6.45, 7) is 0. The number of anilines is 2. The van der Waals surface area contributed by atoms with E-state index in [1.165, 1.54) is 24.4 Å². The molecular weight excluding hydrogens is 335 g/mol. The Morgan fingerprint density at radius 1 is 1.17 bits per heavy atom. The summed E-state index contributed by atoms with van der Waals surface area (Å²) >= 11 is 0. The first-order valence-corrected chi connectivity index (χ1v) is 7.56. The number of carbonyl (C=O) groups is 1. The van der Waals surface area contributed by atoms with Crippen LogP contribution in [0, 0.1) is 0 Å². The monoisotopic (exact) mass is 345 g/mol. The summed E-state index contributed by atoms with van der Waals surface area (Å²) in [4.78, 5) is 13.6. The quantitative estimate of drug-likeness (QED) is 0.812. The fourth-order valence-electron chi connectivity index (χ4n) is 1.75. The summed E-state index contributed by atoms with van der Waals surface area (Å²) in [6, 6.07) is 5.52. The Morgan fingerprint density at radius 3 is 2.57 bits per heavy atom. The number of amides is 1. The number of aromatic nitrogens is 1. The average Bonchev–Trinajstić information content (AvgIpc) is 2.47. The molecule has 1 aromatic heterocycles. The van der Waals surface area contributed by atoms with Crippen molar-refractivity contribution in [3.63, 3.8) is 0 Å². The van der Waals surface area contributed by atoms with E-state index in [0.29, 0.717) is 0 Å². The lowest BCUT2D eigenvalue weighted by Gasteiger charge is -2.13. The van der Waals surface area contributed by atoms with Crippen LogP contribution in [0.5, 0.6) is 0 Å². The Balaban J connectivity index is 2.41. The molecule has 0 aliphatic heterocycles. The van der Waals surface area contributed by atoms with Gasteiger partial charge in [-0.05, 0) is 24.3 Å². The van der Waals surface area contributed by atoms with Gasteiger partial charge in [0.05, 0.1) is 11.3 Å². The van der Waals surface area contributed by atoms with E-state index in [4.69, 9.17) is 0 Å². The standard InChI is InChI=1S/C13H10F3N3O3S/c14-13(15,16)9-2-1-3-10(6-9)19-11-4-5-17-7-12(11)23(21,22)18-8-20/h1-8H,(H,17,19)(H,18,20). The van der Waals surface area contributed by atoms with Gasteiger partial charge in [-0.25, -0.2) is 8.42 Å². The average molecular weight is 345 g/mol. The first-order chi connectivity index (χ1) is 10.7. The highest BCUT2D eigenvalue weighted by Crippen LogP contribution is 2.32. The second kappa shape index (κ2) is 6.24. The number of carbonyl (C=O) groups excluding carboxylic acids is 1. The van der Waals surface area contributed by atoms with Gasteiger partial charge in [-0.15, -0.1) is 0 Å². The molecule has 0 spiro atoms. The lowest BCUT2D eigenvalue weighted by molar-refractivity contribution is -0.137. The maximum atomic E-state index is 12.7. The Morgan fingerprint density at radius 2 is 1.91 bits per heavy atom. The largest absolute Gasteiger partial charge is 0.416 e. The van der Waals surface area contributed by atoms with Crippen molar-refractivity contribution in [3.8, 4) is 0 Å². The minimum Gasteiger partial charge on any atom is -0.354 e. The van der Waals surface area contributed by atoms with Crippen molar-refractivity contribution in [1.29, 1.82) is 0 Å². The van der Waals surface area contributed by atoms with E-state index in [-0.39, 0.29) is 22.7 Å². The number of hydrogen-bond donors (Lipinski definition) is 2. The van der Waals surface area contributed by atoms with Crippen LogP contribution in [0.2, 0.25) is 0 Å². The molecule has 0 bridgehead atoms. The summed E-state index contributed by atoms with van der Waals surface area (Å²) in [5, 5.41) is 2.57. The highest BCUT2D eigenvalue weighted by Gasteiger charge is 2.30. The molecule has 1 heterocycles. The fraction of sp³-hybridized carbons (Fsp3) is 0.0769. The molecule has 1 aromatic carbocycles. The summed E-state index contributed by atoms with van der Waals surface area (Å²) in [7, 11) is -4.16. The van der Waals surface area contributed by atoms with E-state index in [9.17, 15) is 26.4 Å². The number of rotatable bonds is 5. The number of alkyl halides is 3. The molecule has 0 aliphatic carbocycles. The van der Waals surface area contributed by atoms with E-state index in [2.05, 4.69) is 10.3 Å². The van der Waals surface area contributed by atoms with Crippen molar-refractivity contribution in [2.45, 2.75) is 11.1 Å². The maximum absolute atomic E-state index is 12.7. The second-order valence-electron chi connectivity index (χ2n) is 4.31. The minimum atomic E-state index is -4.52. The van der Waals surface area contributed by atoms with Crippen LogP contribution in [-0.4, -0.2) is 19.8 Å². The van der Waals surface area contributed by atoms with Crippen molar-refractivity contribution in [2.75, 3.05) is 5.32 Å². The number of sulfonamides is 1. The molecule has 122 valence electrons. The highest BCUT2D eigenvalue weighted by atomic mass is 32.2. The topological polar surface area (TPSA) is 88.2 Å². The lowest BCUT2D eigenvalue weighted by Crippen LogP contribution is -2.22. The van der Waals surface area contributed by atoms with Crippen LogP contribution in [0.15, 0.2) is 47.6 Å². The molecular formula is C13H10F3N3O3S. The molecule has 0 fully saturated rings. The van der Waals surface area contributed by atoms with Gasteiger partial charge in [0.2, 0.25) is 6.41 Å². The predicted octanol–water partition coefficient (Wildman–Crippen LogP) is 2.28. The van der Waals surface area contributed by atoms with Gasteiger partial charge in [0.15, 0.2) is 0 Å². The molecule has 0 saturated carbocycles. The van der Waals surface area contributed by atoms with Crippen LogP contribution in [0.3, 0.4) is 0 Å². The van der Waals surface area contributed by atoms with Crippen molar-refractivity contribution < 1.29 is 26.4 Å². The number of nitrogens with one attached hydrogen (secondary N) is 2. The van der Waals surface area contributed by atoms with Gasteiger partial charge in [0.1, 0.15) is 4.90 Å². The molecule has 2 N–H and O–H groups in total. The van der Waals surface area contributed by atoms with Crippen molar-refractivity contribution >= 4 is 27.8 Å². The second-order valence-corrected chi connectivity index (χ2v) is 6.00. The van der Waals surface area contributed by atoms with Crippen molar-refractivity contribution in [2.24, 2.45) is 0 Å². The number of hydrogen-bond acceptors (Lipinski definition) is 5. The van der Waals surface area contributed by atoms with E-state index in [0.717, 1.165) is 18.3 Å². The van der Waals surface area contributed by atoms with Gasteiger partial charge in [0, 0.05) is 18.1 Å². The first-order valence-electron chi connectivity index (χ1n) is 6.08. The maximum Gasteiger partial charge on any atom is 0.416 e. The molecule has 2 aromatic rings. The van der Waals surface area contributed by atoms with E-state index < -0.39 is 21.8 Å². The third kappa shape index (κ3) is 3.97. The predicted molar refractivity (Wildman–Crippen MR) is 75.3 cm³/mol. The first kappa shape index (κ1) is 16.7. The molecule has 1 amide bonds. The zero-order valence-electron chi connectivity index (χ0n) is 11.3. The van der Waals surface area contributed by atoms with Gasteiger partial charge in [-0.1, -0.05) is 6.07 Å². The van der Waals surface area contributed by atoms with Gasteiger partial charge in [0.25, 0.3) is 10.0 Å². The van der Waals surface area contributed by atoms with Gasteiger partial charge in [-0.2, -0.15) is 13.2 Å².